The van der Waals surface area contributed by atoms with Crippen molar-refractivity contribution in [3.8, 4) is 11.3 Å². The molecule has 0 atom stereocenters. The summed E-state index contributed by atoms with van der Waals surface area (Å²) in [6, 6.07) is 6.46. The van der Waals surface area contributed by atoms with E-state index in [9.17, 15) is 45.8 Å². The van der Waals surface area contributed by atoms with Crippen molar-refractivity contribution in [2.24, 2.45) is 0 Å². The Hall–Kier alpha value is -3.49. The molecule has 1 N–H and O–H groups in total. The Morgan fingerprint density at radius 1 is 1.05 bits per heavy atom. The first kappa shape index (κ1) is 29.5. The fourth-order valence-corrected chi connectivity index (χ4v) is 5.36. The number of rotatable bonds is 5. The first-order valence-electron chi connectivity index (χ1n) is 12.1. The summed E-state index contributed by atoms with van der Waals surface area (Å²) in [5.74, 6) is -1.66. The third-order valence-corrected chi connectivity index (χ3v) is 7.23. The maximum absolute atomic E-state index is 13.8. The lowest BCUT2D eigenvalue weighted by Gasteiger charge is -2.44. The molecule has 0 radical (unpaired) electrons. The smallest absolute Gasteiger partial charge is 0.434 e. The third-order valence-electron chi connectivity index (χ3n) is 6.99. The Kier molecular flexibility index (Phi) is 7.98. The van der Waals surface area contributed by atoms with Crippen LogP contribution in [0.25, 0.3) is 11.3 Å². The van der Waals surface area contributed by atoms with E-state index in [-0.39, 0.29) is 37.2 Å². The molecule has 0 aliphatic carbocycles. The summed E-state index contributed by atoms with van der Waals surface area (Å²) in [5, 5.41) is 13.8. The van der Waals surface area contributed by atoms with Gasteiger partial charge in [0.25, 0.3) is 12.0 Å². The number of carboxylic acid groups (broad SMARTS) is 1. The second-order valence-corrected chi connectivity index (χ2v) is 10.0. The Balaban J connectivity index is 1.54. The number of aromatic nitrogens is 2. The van der Waals surface area contributed by atoms with Crippen LogP contribution in [0, 0.1) is 0 Å². The van der Waals surface area contributed by atoms with Crippen LogP contribution in [-0.4, -0.2) is 86.3 Å². The first-order chi connectivity index (χ1) is 18.6. The largest absolute Gasteiger partial charge is 0.480 e. The van der Waals surface area contributed by atoms with Crippen molar-refractivity contribution < 1.29 is 50.6 Å². The van der Waals surface area contributed by atoms with Crippen molar-refractivity contribution >= 4 is 29.6 Å². The van der Waals surface area contributed by atoms with Crippen molar-refractivity contribution in [3.63, 3.8) is 0 Å². The molecule has 2 aliphatic heterocycles. The van der Waals surface area contributed by atoms with Gasteiger partial charge in [0.05, 0.1) is 5.56 Å². The highest BCUT2D eigenvalue weighted by Crippen LogP contribution is 2.41. The molecule has 16 heteroatoms. The third kappa shape index (κ3) is 6.13. The van der Waals surface area contributed by atoms with Gasteiger partial charge in [-0.05, 0) is 37.8 Å². The average Bonchev–Trinajstić information content (AvgIpc) is 3.45. The highest BCUT2D eigenvalue weighted by atomic mass is 35.5. The number of halogens is 7. The Morgan fingerprint density at radius 2 is 1.70 bits per heavy atom. The molecule has 0 saturated carbocycles. The summed E-state index contributed by atoms with van der Waals surface area (Å²) < 4.78 is 81.9. The molecular weight excluding hydrogens is 574 g/mol. The molecule has 40 heavy (non-hydrogen) atoms. The van der Waals surface area contributed by atoms with Gasteiger partial charge in [0, 0.05) is 42.0 Å². The lowest BCUT2D eigenvalue weighted by Crippen LogP contribution is -2.56. The van der Waals surface area contributed by atoms with Crippen LogP contribution in [0.1, 0.15) is 36.0 Å². The number of carbonyl (C=O) groups is 3. The SMILES string of the molecule is O=C(O)Cn1cc(C(=O)N2CCCC23CCN(C(=O)OC(C(F)(F)F)C(F)(F)F)CC3)c(-c2cccc(Cl)c2)n1. The lowest BCUT2D eigenvalue weighted by molar-refractivity contribution is -0.308. The maximum atomic E-state index is 13.8. The van der Waals surface area contributed by atoms with Crippen molar-refractivity contribution in [3.05, 3.63) is 41.0 Å². The topological polar surface area (TPSA) is 105 Å². The molecule has 0 bridgehead atoms. The van der Waals surface area contributed by atoms with Crippen molar-refractivity contribution in [1.82, 2.24) is 19.6 Å². The minimum absolute atomic E-state index is 0.0896. The number of likely N-dealkylation sites (tertiary alicyclic amines) is 2. The van der Waals surface area contributed by atoms with E-state index >= 15 is 0 Å². The summed E-state index contributed by atoms with van der Waals surface area (Å²) in [4.78, 5) is 39.6. The summed E-state index contributed by atoms with van der Waals surface area (Å²) in [6.07, 6.45) is -15.1. The van der Waals surface area contributed by atoms with E-state index < -0.39 is 48.5 Å². The second-order valence-electron chi connectivity index (χ2n) is 9.61. The molecule has 2 saturated heterocycles. The van der Waals surface area contributed by atoms with E-state index in [1.54, 1.807) is 29.2 Å². The Morgan fingerprint density at radius 3 is 2.27 bits per heavy atom. The molecule has 1 aromatic carbocycles. The van der Waals surface area contributed by atoms with Gasteiger partial charge in [0.1, 0.15) is 12.2 Å². The van der Waals surface area contributed by atoms with Crippen LogP contribution < -0.4 is 0 Å². The minimum Gasteiger partial charge on any atom is -0.480 e. The molecule has 2 fully saturated rings. The molecule has 2 aliphatic rings. The molecule has 218 valence electrons. The number of hydrogen-bond acceptors (Lipinski definition) is 5. The Labute approximate surface area is 228 Å². The van der Waals surface area contributed by atoms with Crippen molar-refractivity contribution in [1.29, 1.82) is 0 Å². The van der Waals surface area contributed by atoms with Crippen molar-refractivity contribution in [2.45, 2.75) is 56.2 Å². The molecule has 0 unspecified atom stereocenters. The lowest BCUT2D eigenvalue weighted by atomic mass is 9.84. The van der Waals surface area contributed by atoms with Gasteiger partial charge in [-0.1, -0.05) is 23.7 Å². The number of piperidine rings is 1. The van der Waals surface area contributed by atoms with E-state index in [1.807, 2.05) is 0 Å². The van der Waals surface area contributed by atoms with Gasteiger partial charge in [-0.25, -0.2) is 4.79 Å². The predicted octanol–water partition coefficient (Wildman–Crippen LogP) is 4.99. The van der Waals surface area contributed by atoms with Gasteiger partial charge in [-0.2, -0.15) is 31.4 Å². The molecular formula is C24H23ClF6N4O5. The summed E-state index contributed by atoms with van der Waals surface area (Å²) in [7, 11) is 0. The normalized spacial score (nSPS) is 17.5. The van der Waals surface area contributed by atoms with E-state index in [4.69, 9.17) is 11.6 Å². The molecule has 4 rings (SSSR count). The monoisotopic (exact) mass is 596 g/mol. The number of alkyl halides is 6. The van der Waals surface area contributed by atoms with E-state index in [2.05, 4.69) is 9.84 Å². The number of nitrogens with zero attached hydrogens (tertiary/aromatic N) is 4. The highest BCUT2D eigenvalue weighted by molar-refractivity contribution is 6.30. The molecule has 3 heterocycles. The highest BCUT2D eigenvalue weighted by Gasteiger charge is 2.60. The number of aliphatic carboxylic acids is 1. The average molecular weight is 597 g/mol. The zero-order valence-electron chi connectivity index (χ0n) is 20.6. The van der Waals surface area contributed by atoms with E-state index in [0.717, 1.165) is 9.58 Å². The van der Waals surface area contributed by atoms with E-state index in [1.165, 1.54) is 6.20 Å². The first-order valence-corrected chi connectivity index (χ1v) is 12.4. The van der Waals surface area contributed by atoms with Crippen LogP contribution >= 0.6 is 11.6 Å². The Bertz CT molecular complexity index is 1280. The number of carboxylic acids is 1. The fraction of sp³-hybridized carbons (Fsp3) is 0.500. The molecule has 1 aromatic heterocycles. The van der Waals surface area contributed by atoms with Crippen LogP contribution in [0.5, 0.6) is 0 Å². The summed E-state index contributed by atoms with van der Waals surface area (Å²) in [6.45, 7) is -0.679. The molecule has 1 spiro atoms. The van der Waals surface area contributed by atoms with Gasteiger partial charge >= 0.3 is 24.4 Å². The number of carbonyl (C=O) groups excluding carboxylic acids is 2. The fourth-order valence-electron chi connectivity index (χ4n) is 5.17. The minimum atomic E-state index is -5.83. The molecule has 2 aromatic rings. The number of benzene rings is 1. The summed E-state index contributed by atoms with van der Waals surface area (Å²) >= 11 is 6.09. The number of amides is 2. The summed E-state index contributed by atoms with van der Waals surface area (Å²) in [5.41, 5.74) is -0.0522. The van der Waals surface area contributed by atoms with Crippen LogP contribution in [0.15, 0.2) is 30.5 Å². The zero-order chi connectivity index (χ0) is 29.5. The quantitative estimate of drug-likeness (QED) is 0.488. The number of ether oxygens (including phenoxy) is 1. The second kappa shape index (κ2) is 10.8. The van der Waals surface area contributed by atoms with Crippen LogP contribution in [0.3, 0.4) is 0 Å². The number of hydrogen-bond donors (Lipinski definition) is 1. The standard InChI is InChI=1S/C24H23ClF6N4O5/c25-15-4-1-3-14(11-15)18-16(12-34(32-18)13-17(36)37)19(38)35-8-2-5-22(35)6-9-33(10-7-22)21(39)40-20(23(26,27)28)24(29,30)31/h1,3-4,11-12,20H,2,5-10,13H2,(H,36,37). The van der Waals surface area contributed by atoms with Gasteiger partial charge in [-0.15, -0.1) is 0 Å². The van der Waals surface area contributed by atoms with Crippen LogP contribution in [-0.2, 0) is 16.1 Å². The maximum Gasteiger partial charge on any atom is 0.434 e. The van der Waals surface area contributed by atoms with Crippen LogP contribution in [0.4, 0.5) is 31.1 Å². The van der Waals surface area contributed by atoms with Gasteiger partial charge in [0.15, 0.2) is 0 Å². The van der Waals surface area contributed by atoms with E-state index in [0.29, 0.717) is 30.0 Å². The van der Waals surface area contributed by atoms with Gasteiger partial charge < -0.3 is 19.6 Å². The predicted molar refractivity (Wildman–Crippen MR) is 126 cm³/mol. The van der Waals surface area contributed by atoms with Crippen LogP contribution in [0.2, 0.25) is 5.02 Å². The van der Waals surface area contributed by atoms with Gasteiger partial charge in [0.2, 0.25) is 0 Å². The molecule has 2 amide bonds. The molecule has 9 nitrogen and oxygen atoms in total. The zero-order valence-corrected chi connectivity index (χ0v) is 21.4. The van der Waals surface area contributed by atoms with Crippen molar-refractivity contribution in [2.75, 3.05) is 19.6 Å². The van der Waals surface area contributed by atoms with Gasteiger partial charge in [-0.3, -0.25) is 14.3 Å².